The predicted molar refractivity (Wildman–Crippen MR) is 90.7 cm³/mol. The maximum atomic E-state index is 13.0. The van der Waals surface area contributed by atoms with Crippen LogP contribution in [0, 0.1) is 5.82 Å². The molecule has 0 aliphatic carbocycles. The second kappa shape index (κ2) is 6.67. The first-order valence-electron chi connectivity index (χ1n) is 7.61. The van der Waals surface area contributed by atoms with E-state index in [-0.39, 0.29) is 23.4 Å². The van der Waals surface area contributed by atoms with Crippen molar-refractivity contribution >= 4 is 21.2 Å². The molecule has 4 nitrogen and oxygen atoms in total. The van der Waals surface area contributed by atoms with Gasteiger partial charge in [-0.2, -0.15) is 0 Å². The zero-order chi connectivity index (χ0) is 16.4. The molecule has 1 aromatic heterocycles. The standard InChI is InChI=1S/C16H19FN2O2S2/c1-2-19(14-7-8-23(20,21)11-14)9-16-18-15(10-22-16)12-3-5-13(17)6-4-12/h3-6,10,14H,2,7-9,11H2,1H3/t14-/m0/s1. The molecule has 1 saturated heterocycles. The molecule has 1 aliphatic rings. The van der Waals surface area contributed by atoms with Gasteiger partial charge in [0, 0.05) is 17.0 Å². The van der Waals surface area contributed by atoms with Crippen LogP contribution in [0.5, 0.6) is 0 Å². The molecule has 1 atom stereocenters. The number of nitrogens with zero attached hydrogens (tertiary/aromatic N) is 2. The molecule has 0 bridgehead atoms. The Balaban J connectivity index is 1.71. The van der Waals surface area contributed by atoms with Gasteiger partial charge < -0.3 is 0 Å². The van der Waals surface area contributed by atoms with Crippen LogP contribution in [-0.2, 0) is 16.4 Å². The molecule has 0 N–H and O–H groups in total. The van der Waals surface area contributed by atoms with Crippen molar-refractivity contribution in [2.24, 2.45) is 0 Å². The third kappa shape index (κ3) is 3.97. The van der Waals surface area contributed by atoms with Crippen LogP contribution in [0.25, 0.3) is 11.3 Å². The Morgan fingerprint density at radius 1 is 1.35 bits per heavy atom. The molecule has 0 unspecified atom stereocenters. The van der Waals surface area contributed by atoms with Crippen LogP contribution >= 0.6 is 11.3 Å². The summed E-state index contributed by atoms with van der Waals surface area (Å²) in [5.41, 5.74) is 1.72. The molecule has 1 aliphatic heterocycles. The lowest BCUT2D eigenvalue weighted by Crippen LogP contribution is -2.35. The predicted octanol–water partition coefficient (Wildman–Crippen LogP) is 2.96. The molecule has 7 heteroatoms. The van der Waals surface area contributed by atoms with E-state index in [9.17, 15) is 12.8 Å². The highest BCUT2D eigenvalue weighted by Gasteiger charge is 2.31. The summed E-state index contributed by atoms with van der Waals surface area (Å²) in [5.74, 6) is 0.271. The fraction of sp³-hybridized carbons (Fsp3) is 0.438. The highest BCUT2D eigenvalue weighted by Crippen LogP contribution is 2.25. The van der Waals surface area contributed by atoms with E-state index in [2.05, 4.69) is 9.88 Å². The monoisotopic (exact) mass is 354 g/mol. The minimum atomic E-state index is -2.88. The van der Waals surface area contributed by atoms with Crippen LogP contribution in [0.4, 0.5) is 4.39 Å². The molecule has 0 saturated carbocycles. The van der Waals surface area contributed by atoms with E-state index >= 15 is 0 Å². The number of rotatable bonds is 5. The molecule has 3 rings (SSSR count). The molecule has 0 spiro atoms. The van der Waals surface area contributed by atoms with Crippen LogP contribution in [0.2, 0.25) is 0 Å². The van der Waals surface area contributed by atoms with Gasteiger partial charge in [0.05, 0.1) is 23.7 Å². The molecule has 0 amide bonds. The van der Waals surface area contributed by atoms with E-state index in [1.165, 1.54) is 12.1 Å². The Morgan fingerprint density at radius 3 is 2.70 bits per heavy atom. The highest BCUT2D eigenvalue weighted by molar-refractivity contribution is 7.91. The van der Waals surface area contributed by atoms with E-state index in [1.807, 2.05) is 12.3 Å². The second-order valence-electron chi connectivity index (χ2n) is 5.75. The molecular weight excluding hydrogens is 335 g/mol. The topological polar surface area (TPSA) is 50.3 Å². The lowest BCUT2D eigenvalue weighted by Gasteiger charge is -2.25. The van der Waals surface area contributed by atoms with Crippen molar-refractivity contribution in [2.45, 2.75) is 25.9 Å². The van der Waals surface area contributed by atoms with Crippen LogP contribution in [0.3, 0.4) is 0 Å². The van der Waals surface area contributed by atoms with Gasteiger partial charge in [-0.1, -0.05) is 6.92 Å². The maximum absolute atomic E-state index is 13.0. The van der Waals surface area contributed by atoms with Crippen molar-refractivity contribution in [3.05, 3.63) is 40.5 Å². The summed E-state index contributed by atoms with van der Waals surface area (Å²) in [6.07, 6.45) is 0.701. The van der Waals surface area contributed by atoms with Gasteiger partial charge >= 0.3 is 0 Å². The van der Waals surface area contributed by atoms with Gasteiger partial charge in [0.1, 0.15) is 10.8 Å². The summed E-state index contributed by atoms with van der Waals surface area (Å²) < 4.78 is 36.3. The summed E-state index contributed by atoms with van der Waals surface area (Å²) in [7, 11) is -2.88. The zero-order valence-electron chi connectivity index (χ0n) is 12.9. The van der Waals surface area contributed by atoms with Crippen molar-refractivity contribution in [3.63, 3.8) is 0 Å². The van der Waals surface area contributed by atoms with Gasteiger partial charge in [0.15, 0.2) is 9.84 Å². The maximum Gasteiger partial charge on any atom is 0.151 e. The first kappa shape index (κ1) is 16.5. The van der Waals surface area contributed by atoms with Crippen LogP contribution < -0.4 is 0 Å². The van der Waals surface area contributed by atoms with E-state index in [0.29, 0.717) is 13.0 Å². The third-order valence-corrected chi connectivity index (χ3v) is 6.74. The Hall–Kier alpha value is -1.31. The van der Waals surface area contributed by atoms with Gasteiger partial charge in [0.2, 0.25) is 0 Å². The van der Waals surface area contributed by atoms with Crippen LogP contribution in [0.15, 0.2) is 29.6 Å². The average Bonchev–Trinajstić information content (AvgIpc) is 3.12. The van der Waals surface area contributed by atoms with Gasteiger partial charge in [-0.15, -0.1) is 11.3 Å². The fourth-order valence-electron chi connectivity index (χ4n) is 2.87. The Morgan fingerprint density at radius 2 is 2.09 bits per heavy atom. The largest absolute Gasteiger partial charge is 0.293 e. The van der Waals surface area contributed by atoms with E-state index in [0.717, 1.165) is 22.8 Å². The third-order valence-electron chi connectivity index (χ3n) is 4.16. The summed E-state index contributed by atoms with van der Waals surface area (Å²) in [5, 5.41) is 2.91. The number of benzene rings is 1. The molecule has 124 valence electrons. The van der Waals surface area contributed by atoms with Gasteiger partial charge in [-0.25, -0.2) is 17.8 Å². The minimum Gasteiger partial charge on any atom is -0.293 e. The second-order valence-corrected chi connectivity index (χ2v) is 8.92. The van der Waals surface area contributed by atoms with Crippen molar-refractivity contribution in [1.82, 2.24) is 9.88 Å². The molecule has 2 aromatic rings. The Labute approximate surface area is 139 Å². The van der Waals surface area contributed by atoms with E-state index < -0.39 is 9.84 Å². The summed E-state index contributed by atoms with van der Waals surface area (Å²) >= 11 is 1.55. The van der Waals surface area contributed by atoms with Crippen molar-refractivity contribution in [1.29, 1.82) is 0 Å². The van der Waals surface area contributed by atoms with Crippen molar-refractivity contribution in [3.8, 4) is 11.3 Å². The van der Waals surface area contributed by atoms with Crippen molar-refractivity contribution < 1.29 is 12.8 Å². The van der Waals surface area contributed by atoms with E-state index in [4.69, 9.17) is 0 Å². The molecule has 2 heterocycles. The quantitative estimate of drug-likeness (QED) is 0.828. The van der Waals surface area contributed by atoms with Crippen molar-refractivity contribution in [2.75, 3.05) is 18.1 Å². The van der Waals surface area contributed by atoms with Crippen LogP contribution in [0.1, 0.15) is 18.4 Å². The number of thiazole rings is 1. The number of hydrogen-bond donors (Lipinski definition) is 0. The molecule has 23 heavy (non-hydrogen) atoms. The normalized spacial score (nSPS) is 20.2. The molecule has 1 aromatic carbocycles. The first-order chi connectivity index (χ1) is 11.0. The summed E-state index contributed by atoms with van der Waals surface area (Å²) in [6.45, 7) is 3.49. The van der Waals surface area contributed by atoms with Gasteiger partial charge in [-0.05, 0) is 37.2 Å². The fourth-order valence-corrected chi connectivity index (χ4v) is 5.46. The first-order valence-corrected chi connectivity index (χ1v) is 10.3. The Bertz CT molecular complexity index is 772. The number of sulfone groups is 1. The summed E-state index contributed by atoms with van der Waals surface area (Å²) in [6, 6.07) is 6.37. The lowest BCUT2D eigenvalue weighted by atomic mass is 10.2. The van der Waals surface area contributed by atoms with E-state index in [1.54, 1.807) is 23.5 Å². The van der Waals surface area contributed by atoms with Crippen LogP contribution in [-0.4, -0.2) is 42.4 Å². The SMILES string of the molecule is CCN(Cc1nc(-c2ccc(F)cc2)cs1)[C@H]1CCS(=O)(=O)C1. The molecule has 1 fully saturated rings. The Kier molecular flexibility index (Phi) is 4.79. The number of halogens is 1. The summed E-state index contributed by atoms with van der Waals surface area (Å²) in [4.78, 5) is 6.79. The number of aromatic nitrogens is 1. The molecule has 0 radical (unpaired) electrons. The zero-order valence-corrected chi connectivity index (χ0v) is 14.5. The van der Waals surface area contributed by atoms with Gasteiger partial charge in [0.25, 0.3) is 0 Å². The highest BCUT2D eigenvalue weighted by atomic mass is 32.2. The lowest BCUT2D eigenvalue weighted by molar-refractivity contribution is 0.214. The van der Waals surface area contributed by atoms with Gasteiger partial charge in [-0.3, -0.25) is 4.90 Å². The smallest absolute Gasteiger partial charge is 0.151 e. The minimum absolute atomic E-state index is 0.0863. The molecular formula is C16H19FN2O2S2. The average molecular weight is 354 g/mol. The number of hydrogen-bond acceptors (Lipinski definition) is 5.